The molecule has 25 heavy (non-hydrogen) atoms. The van der Waals surface area contributed by atoms with E-state index in [9.17, 15) is 4.79 Å². The third-order valence-electron chi connectivity index (χ3n) is 5.58. The van der Waals surface area contributed by atoms with E-state index < -0.39 is 0 Å². The Labute approximate surface area is 150 Å². The predicted molar refractivity (Wildman–Crippen MR) is 98.2 cm³/mol. The highest BCUT2D eigenvalue weighted by atomic mass is 16.3. The summed E-state index contributed by atoms with van der Waals surface area (Å²) in [7, 11) is 2.10. The van der Waals surface area contributed by atoms with Gasteiger partial charge < -0.3 is 19.3 Å². The summed E-state index contributed by atoms with van der Waals surface area (Å²) in [6, 6.07) is 4.49. The maximum atomic E-state index is 12.4. The number of nitrogens with zero attached hydrogens (tertiary/aromatic N) is 2. The molecule has 0 spiro atoms. The molecule has 5 heteroatoms. The molecule has 1 aromatic rings. The highest BCUT2D eigenvalue weighted by molar-refractivity contribution is 5.91. The largest absolute Gasteiger partial charge is 0.461 e. The van der Waals surface area contributed by atoms with E-state index in [1.807, 2.05) is 17.0 Å². The number of piperidine rings is 1. The van der Waals surface area contributed by atoms with E-state index in [2.05, 4.69) is 18.9 Å². The Morgan fingerprint density at radius 2 is 2.12 bits per heavy atom. The third kappa shape index (κ3) is 4.73. The highest BCUT2D eigenvalue weighted by Crippen LogP contribution is 2.47. The zero-order valence-electron chi connectivity index (χ0n) is 15.4. The fourth-order valence-electron chi connectivity index (χ4n) is 3.66. The van der Waals surface area contributed by atoms with Gasteiger partial charge in [0.1, 0.15) is 11.5 Å². The van der Waals surface area contributed by atoms with Crippen LogP contribution in [0.3, 0.4) is 0 Å². The number of furan rings is 1. The molecule has 2 heterocycles. The lowest BCUT2D eigenvalue weighted by atomic mass is 10.0. The van der Waals surface area contributed by atoms with Crippen molar-refractivity contribution in [3.8, 4) is 0 Å². The van der Waals surface area contributed by atoms with E-state index in [4.69, 9.17) is 9.52 Å². The second-order valence-corrected chi connectivity index (χ2v) is 7.51. The molecule has 0 bridgehead atoms. The van der Waals surface area contributed by atoms with Gasteiger partial charge in [0.15, 0.2) is 0 Å². The van der Waals surface area contributed by atoms with Crippen molar-refractivity contribution >= 4 is 12.0 Å². The van der Waals surface area contributed by atoms with Crippen molar-refractivity contribution in [2.45, 2.75) is 44.6 Å². The lowest BCUT2D eigenvalue weighted by molar-refractivity contribution is -0.127. The molecule has 1 amide bonds. The summed E-state index contributed by atoms with van der Waals surface area (Å²) in [4.78, 5) is 16.6. The summed E-state index contributed by atoms with van der Waals surface area (Å²) in [5.74, 6) is 3.17. The molecule has 1 aliphatic carbocycles. The normalized spacial score (nSPS) is 24.4. The molecule has 2 fully saturated rings. The first-order valence-corrected chi connectivity index (χ1v) is 9.46. The number of carbonyl (C=O) groups is 1. The zero-order chi connectivity index (χ0) is 17.8. The summed E-state index contributed by atoms with van der Waals surface area (Å²) in [5.41, 5.74) is 0. The molecule has 1 saturated heterocycles. The number of hydrogen-bond acceptors (Lipinski definition) is 4. The topological polar surface area (TPSA) is 56.9 Å². The van der Waals surface area contributed by atoms with Crippen LogP contribution in [0.15, 0.2) is 22.6 Å². The lowest BCUT2D eigenvalue weighted by Gasteiger charge is -2.36. The molecule has 0 aromatic carbocycles. The maximum absolute atomic E-state index is 12.4. The van der Waals surface area contributed by atoms with Crippen LogP contribution in [0.5, 0.6) is 0 Å². The minimum atomic E-state index is 0.0641. The second kappa shape index (κ2) is 8.19. The van der Waals surface area contributed by atoms with Gasteiger partial charge in [-0.05, 0) is 56.9 Å². The molecule has 1 N–H and O–H groups in total. The number of amides is 1. The van der Waals surface area contributed by atoms with Gasteiger partial charge in [-0.25, -0.2) is 0 Å². The number of rotatable bonds is 7. The van der Waals surface area contributed by atoms with Crippen molar-refractivity contribution in [1.29, 1.82) is 0 Å². The van der Waals surface area contributed by atoms with Crippen LogP contribution in [0.1, 0.15) is 50.0 Å². The van der Waals surface area contributed by atoms with Crippen molar-refractivity contribution in [3.63, 3.8) is 0 Å². The first kappa shape index (κ1) is 18.2. The molecule has 2 atom stereocenters. The van der Waals surface area contributed by atoms with E-state index in [0.717, 1.165) is 56.3 Å². The molecular formula is C20H30N2O3. The van der Waals surface area contributed by atoms with Crippen LogP contribution in [-0.4, -0.2) is 60.1 Å². The fourth-order valence-corrected chi connectivity index (χ4v) is 3.66. The maximum Gasteiger partial charge on any atom is 0.246 e. The molecular weight excluding hydrogens is 316 g/mol. The van der Waals surface area contributed by atoms with Crippen LogP contribution in [0.4, 0.5) is 0 Å². The summed E-state index contributed by atoms with van der Waals surface area (Å²) in [6.45, 7) is 4.97. The van der Waals surface area contributed by atoms with Crippen LogP contribution >= 0.6 is 0 Å². The second-order valence-electron chi connectivity index (χ2n) is 7.51. The molecule has 2 unspecified atom stereocenters. The minimum Gasteiger partial charge on any atom is -0.461 e. The number of carbonyl (C=O) groups excluding carboxylic acids is 1. The van der Waals surface area contributed by atoms with Crippen LogP contribution in [0.2, 0.25) is 0 Å². The number of likely N-dealkylation sites (tertiary alicyclic amines) is 1. The Morgan fingerprint density at radius 3 is 2.76 bits per heavy atom. The van der Waals surface area contributed by atoms with Gasteiger partial charge in [0.05, 0.1) is 0 Å². The summed E-state index contributed by atoms with van der Waals surface area (Å²) in [6.07, 6.45) is 7.42. The van der Waals surface area contributed by atoms with Crippen LogP contribution < -0.4 is 0 Å². The fraction of sp³-hybridized carbons (Fsp3) is 0.650. The lowest BCUT2D eigenvalue weighted by Crippen LogP contribution is -2.45. The molecule has 1 aliphatic heterocycles. The van der Waals surface area contributed by atoms with Crippen molar-refractivity contribution in [3.05, 3.63) is 29.7 Å². The van der Waals surface area contributed by atoms with Gasteiger partial charge in [-0.15, -0.1) is 0 Å². The van der Waals surface area contributed by atoms with Crippen LogP contribution in [0, 0.1) is 5.92 Å². The average Bonchev–Trinajstić information content (AvgIpc) is 3.18. The van der Waals surface area contributed by atoms with Crippen molar-refractivity contribution < 1.29 is 14.3 Å². The average molecular weight is 346 g/mol. The predicted octanol–water partition coefficient (Wildman–Crippen LogP) is 2.72. The van der Waals surface area contributed by atoms with Gasteiger partial charge in [0.2, 0.25) is 5.91 Å². The number of hydrogen-bond donors (Lipinski definition) is 1. The van der Waals surface area contributed by atoms with Gasteiger partial charge in [-0.1, -0.05) is 6.92 Å². The molecule has 138 valence electrons. The van der Waals surface area contributed by atoms with Crippen LogP contribution in [0.25, 0.3) is 6.08 Å². The number of aliphatic hydroxyl groups is 1. The Hall–Kier alpha value is -1.59. The Balaban J connectivity index is 1.45. The standard InChI is InChI=1S/C20H30N2O3/c1-15-14-18(15)19-6-4-17(25-19)5-7-20(24)22-11-8-16(9-12-22)21(2)10-3-13-23/h4-7,15-16,18,23H,3,8-14H2,1-2H3/b7-5+. The smallest absolute Gasteiger partial charge is 0.246 e. The summed E-state index contributed by atoms with van der Waals surface area (Å²) < 4.78 is 5.82. The molecule has 0 radical (unpaired) electrons. The van der Waals surface area contributed by atoms with Gasteiger partial charge in [-0.3, -0.25) is 4.79 Å². The van der Waals surface area contributed by atoms with E-state index in [-0.39, 0.29) is 12.5 Å². The molecule has 2 aliphatic rings. The third-order valence-corrected chi connectivity index (χ3v) is 5.58. The minimum absolute atomic E-state index is 0.0641. The number of aliphatic hydroxyl groups excluding tert-OH is 1. The van der Waals surface area contributed by atoms with E-state index in [0.29, 0.717) is 12.0 Å². The van der Waals surface area contributed by atoms with Crippen molar-refractivity contribution in [2.75, 3.05) is 33.3 Å². The Bertz CT molecular complexity index is 602. The van der Waals surface area contributed by atoms with Gasteiger partial charge in [-0.2, -0.15) is 0 Å². The molecule has 3 rings (SSSR count). The Kier molecular flexibility index (Phi) is 5.97. The van der Waals surface area contributed by atoms with Crippen molar-refractivity contribution in [1.82, 2.24) is 9.80 Å². The first-order valence-electron chi connectivity index (χ1n) is 9.46. The Morgan fingerprint density at radius 1 is 1.40 bits per heavy atom. The van der Waals surface area contributed by atoms with Crippen LogP contribution in [-0.2, 0) is 4.79 Å². The van der Waals surface area contributed by atoms with E-state index in [1.165, 1.54) is 6.42 Å². The van der Waals surface area contributed by atoms with Gasteiger partial charge in [0.25, 0.3) is 0 Å². The molecule has 5 nitrogen and oxygen atoms in total. The van der Waals surface area contributed by atoms with E-state index >= 15 is 0 Å². The molecule has 1 aromatic heterocycles. The SMILES string of the molecule is CC1CC1c1ccc(/C=C/C(=O)N2CCC(N(C)CCCO)CC2)o1. The highest BCUT2D eigenvalue weighted by Gasteiger charge is 2.36. The van der Waals surface area contributed by atoms with E-state index in [1.54, 1.807) is 12.2 Å². The quantitative estimate of drug-likeness (QED) is 0.771. The van der Waals surface area contributed by atoms with Gasteiger partial charge >= 0.3 is 0 Å². The monoisotopic (exact) mass is 346 g/mol. The molecule has 1 saturated carbocycles. The summed E-state index contributed by atoms with van der Waals surface area (Å²) in [5, 5.41) is 8.93. The zero-order valence-corrected chi connectivity index (χ0v) is 15.4. The van der Waals surface area contributed by atoms with Gasteiger partial charge in [0, 0.05) is 44.3 Å². The first-order chi connectivity index (χ1) is 12.1. The van der Waals surface area contributed by atoms with Crippen molar-refractivity contribution in [2.24, 2.45) is 5.92 Å². The summed E-state index contributed by atoms with van der Waals surface area (Å²) >= 11 is 0.